The normalized spacial score (nSPS) is 10.3. The van der Waals surface area contributed by atoms with Gasteiger partial charge in [0, 0.05) is 17.5 Å². The van der Waals surface area contributed by atoms with Crippen molar-refractivity contribution in [2.24, 2.45) is 0 Å². The van der Waals surface area contributed by atoms with E-state index in [4.69, 9.17) is 12.2 Å². The molecule has 0 bridgehead atoms. The summed E-state index contributed by atoms with van der Waals surface area (Å²) in [7, 11) is 0. The Bertz CT molecular complexity index is 487. The van der Waals surface area contributed by atoms with Crippen LogP contribution in [0.25, 0.3) is 0 Å². The van der Waals surface area contributed by atoms with Gasteiger partial charge in [-0.1, -0.05) is 12.1 Å². The molecule has 2 rings (SSSR count). The molecule has 0 fully saturated rings. The van der Waals surface area contributed by atoms with Gasteiger partial charge < -0.3 is 10.1 Å². The zero-order chi connectivity index (χ0) is 9.97. The van der Waals surface area contributed by atoms with Gasteiger partial charge >= 0.3 is 0 Å². The molecule has 0 spiro atoms. The number of benzene rings is 1. The van der Waals surface area contributed by atoms with Crippen LogP contribution in [-0.2, 0) is 6.42 Å². The number of H-pyrrole nitrogens is 1. The van der Waals surface area contributed by atoms with E-state index in [1.165, 1.54) is 4.88 Å². The van der Waals surface area contributed by atoms with Gasteiger partial charge in [0.15, 0.2) is 3.95 Å². The van der Waals surface area contributed by atoms with Crippen molar-refractivity contribution in [3.63, 3.8) is 0 Å². The number of phenolic OH excluding ortho intramolecular Hbond substituents is 1. The first kappa shape index (κ1) is 9.43. The minimum Gasteiger partial charge on any atom is -0.508 e. The fraction of sp³-hybridized carbons (Fsp3) is 0.100. The molecule has 0 aliphatic heterocycles. The predicted molar refractivity (Wildman–Crippen MR) is 60.4 cm³/mol. The highest BCUT2D eigenvalue weighted by Crippen LogP contribution is 2.17. The van der Waals surface area contributed by atoms with E-state index < -0.39 is 0 Å². The van der Waals surface area contributed by atoms with E-state index in [1.807, 2.05) is 18.3 Å². The van der Waals surface area contributed by atoms with Gasteiger partial charge in [-0.05, 0) is 29.9 Å². The Morgan fingerprint density at radius 2 is 2.29 bits per heavy atom. The van der Waals surface area contributed by atoms with Gasteiger partial charge in [0.05, 0.1) is 0 Å². The quantitative estimate of drug-likeness (QED) is 0.767. The van der Waals surface area contributed by atoms with Crippen LogP contribution in [-0.4, -0.2) is 10.1 Å². The number of hydrogen-bond acceptors (Lipinski definition) is 3. The summed E-state index contributed by atoms with van der Waals surface area (Å²) in [6.45, 7) is 0. The second-order valence-electron chi connectivity index (χ2n) is 2.99. The molecule has 0 saturated carbocycles. The summed E-state index contributed by atoms with van der Waals surface area (Å²) in [5, 5.41) is 9.27. The van der Waals surface area contributed by atoms with Crippen LogP contribution in [0.3, 0.4) is 0 Å². The van der Waals surface area contributed by atoms with Crippen LogP contribution in [0.1, 0.15) is 10.4 Å². The van der Waals surface area contributed by atoms with Gasteiger partial charge in [0.25, 0.3) is 0 Å². The molecule has 2 aromatic rings. The Balaban J connectivity index is 2.22. The van der Waals surface area contributed by atoms with Crippen molar-refractivity contribution in [3.8, 4) is 5.75 Å². The van der Waals surface area contributed by atoms with Crippen LogP contribution in [0.5, 0.6) is 5.75 Å². The molecule has 4 heteroatoms. The molecular weight excluding hydrogens is 214 g/mol. The maximum Gasteiger partial charge on any atom is 0.158 e. The number of nitrogens with one attached hydrogen (secondary N) is 1. The average molecular weight is 223 g/mol. The lowest BCUT2D eigenvalue weighted by Crippen LogP contribution is -1.83. The van der Waals surface area contributed by atoms with E-state index in [-0.39, 0.29) is 0 Å². The molecule has 0 aliphatic rings. The van der Waals surface area contributed by atoms with E-state index in [0.717, 1.165) is 15.9 Å². The van der Waals surface area contributed by atoms with Crippen molar-refractivity contribution in [3.05, 3.63) is 44.9 Å². The van der Waals surface area contributed by atoms with Gasteiger partial charge in [-0.3, -0.25) is 0 Å². The Labute approximate surface area is 90.9 Å². The zero-order valence-electron chi connectivity index (χ0n) is 7.36. The SMILES string of the molecule is Oc1cccc(Cc2c[nH]c(=S)s2)c1. The monoisotopic (exact) mass is 223 g/mol. The number of rotatable bonds is 2. The lowest BCUT2D eigenvalue weighted by molar-refractivity contribution is 0.474. The molecule has 1 aromatic heterocycles. The van der Waals surface area contributed by atoms with Gasteiger partial charge in [0.1, 0.15) is 5.75 Å². The van der Waals surface area contributed by atoms with Crippen molar-refractivity contribution < 1.29 is 5.11 Å². The summed E-state index contributed by atoms with van der Waals surface area (Å²) < 4.78 is 0.792. The lowest BCUT2D eigenvalue weighted by Gasteiger charge is -1.98. The van der Waals surface area contributed by atoms with E-state index in [0.29, 0.717) is 5.75 Å². The van der Waals surface area contributed by atoms with E-state index in [1.54, 1.807) is 23.5 Å². The summed E-state index contributed by atoms with van der Waals surface area (Å²) in [5.41, 5.74) is 1.09. The minimum absolute atomic E-state index is 0.307. The van der Waals surface area contributed by atoms with Crippen molar-refractivity contribution in [2.45, 2.75) is 6.42 Å². The van der Waals surface area contributed by atoms with Gasteiger partial charge in [-0.15, -0.1) is 11.3 Å². The van der Waals surface area contributed by atoms with Crippen molar-refractivity contribution >= 4 is 23.6 Å². The third kappa shape index (κ3) is 2.21. The molecule has 72 valence electrons. The third-order valence-corrected chi connectivity index (χ3v) is 3.06. The second kappa shape index (κ2) is 3.94. The summed E-state index contributed by atoms with van der Waals surface area (Å²) >= 11 is 6.55. The first-order valence-corrected chi connectivity index (χ1v) is 5.42. The highest BCUT2D eigenvalue weighted by atomic mass is 32.1. The van der Waals surface area contributed by atoms with Crippen LogP contribution in [0.2, 0.25) is 0 Å². The molecule has 0 radical (unpaired) electrons. The van der Waals surface area contributed by atoms with Crippen molar-refractivity contribution in [2.75, 3.05) is 0 Å². The van der Waals surface area contributed by atoms with Gasteiger partial charge in [-0.25, -0.2) is 0 Å². The first-order valence-electron chi connectivity index (χ1n) is 4.19. The largest absolute Gasteiger partial charge is 0.508 e. The van der Waals surface area contributed by atoms with Gasteiger partial charge in [0.2, 0.25) is 0 Å². The molecule has 1 heterocycles. The number of aromatic amines is 1. The minimum atomic E-state index is 0.307. The summed E-state index contributed by atoms with van der Waals surface area (Å²) in [4.78, 5) is 4.16. The maximum atomic E-state index is 9.27. The van der Waals surface area contributed by atoms with E-state index in [9.17, 15) is 5.11 Å². The Morgan fingerprint density at radius 3 is 2.93 bits per heavy atom. The van der Waals surface area contributed by atoms with E-state index in [2.05, 4.69) is 4.98 Å². The highest BCUT2D eigenvalue weighted by Gasteiger charge is 1.98. The topological polar surface area (TPSA) is 36.0 Å². The fourth-order valence-corrected chi connectivity index (χ4v) is 2.36. The smallest absolute Gasteiger partial charge is 0.158 e. The number of aromatic nitrogens is 1. The van der Waals surface area contributed by atoms with Crippen LogP contribution in [0.15, 0.2) is 30.5 Å². The number of phenols is 1. The predicted octanol–water partition coefficient (Wildman–Crippen LogP) is 3.10. The Hall–Kier alpha value is -1.13. The highest BCUT2D eigenvalue weighted by molar-refractivity contribution is 7.73. The molecule has 2 N–H and O–H groups in total. The molecule has 1 aromatic carbocycles. The maximum absolute atomic E-state index is 9.27. The molecule has 0 amide bonds. The molecule has 2 nitrogen and oxygen atoms in total. The van der Waals surface area contributed by atoms with Crippen molar-refractivity contribution in [1.82, 2.24) is 4.98 Å². The number of hydrogen-bond donors (Lipinski definition) is 2. The number of thiazole rings is 1. The van der Waals surface area contributed by atoms with E-state index >= 15 is 0 Å². The molecule has 0 saturated heterocycles. The Morgan fingerprint density at radius 1 is 1.43 bits per heavy atom. The summed E-state index contributed by atoms with van der Waals surface area (Å²) in [6.07, 6.45) is 2.73. The molecule has 0 unspecified atom stereocenters. The summed E-state index contributed by atoms with van der Waals surface area (Å²) in [5.74, 6) is 0.307. The third-order valence-electron chi connectivity index (χ3n) is 1.86. The van der Waals surface area contributed by atoms with Crippen molar-refractivity contribution in [1.29, 1.82) is 0 Å². The average Bonchev–Trinajstić information content (AvgIpc) is 2.51. The lowest BCUT2D eigenvalue weighted by atomic mass is 10.1. The van der Waals surface area contributed by atoms with Crippen LogP contribution in [0, 0.1) is 3.95 Å². The standard InChI is InChI=1S/C10H9NOS2/c12-8-3-1-2-7(4-8)5-9-6-11-10(13)14-9/h1-4,6,12H,5H2,(H,11,13). The Kier molecular flexibility index (Phi) is 2.65. The molecule has 14 heavy (non-hydrogen) atoms. The number of aromatic hydroxyl groups is 1. The van der Waals surface area contributed by atoms with Crippen LogP contribution < -0.4 is 0 Å². The second-order valence-corrected chi connectivity index (χ2v) is 4.79. The molecule has 0 aliphatic carbocycles. The van der Waals surface area contributed by atoms with Crippen LogP contribution >= 0.6 is 23.6 Å². The molecule has 0 atom stereocenters. The fourth-order valence-electron chi connectivity index (χ4n) is 1.27. The molecular formula is C10H9NOS2. The van der Waals surface area contributed by atoms with Gasteiger partial charge in [-0.2, -0.15) is 0 Å². The summed E-state index contributed by atoms with van der Waals surface area (Å²) in [6, 6.07) is 7.27. The first-order chi connectivity index (χ1) is 6.74. The van der Waals surface area contributed by atoms with Crippen LogP contribution in [0.4, 0.5) is 0 Å². The zero-order valence-corrected chi connectivity index (χ0v) is 8.99.